The average Bonchev–Trinajstić information content (AvgIpc) is 2.30. The molecule has 1 unspecified atom stereocenters. The van der Waals surface area contributed by atoms with Gasteiger partial charge in [-0.25, -0.2) is 0 Å². The van der Waals surface area contributed by atoms with E-state index >= 15 is 0 Å². The lowest BCUT2D eigenvalue weighted by Crippen LogP contribution is -2.47. The van der Waals surface area contributed by atoms with Gasteiger partial charge in [-0.3, -0.25) is 4.79 Å². The molecule has 1 rings (SSSR count). The van der Waals surface area contributed by atoms with Crippen LogP contribution >= 0.6 is 0 Å². The second kappa shape index (κ2) is 6.36. The molecule has 1 aliphatic rings. The van der Waals surface area contributed by atoms with Crippen molar-refractivity contribution in [2.75, 3.05) is 33.7 Å². The standard InChI is InChI=1S/C13H27N3O/c1-13(2,12(17)14-3)10-15-9-11-7-5-6-8-16(11)4/h11,15H,5-10H2,1-4H3,(H,14,17). The van der Waals surface area contributed by atoms with Crippen molar-refractivity contribution < 1.29 is 4.79 Å². The monoisotopic (exact) mass is 241 g/mol. The van der Waals surface area contributed by atoms with Gasteiger partial charge in [0.1, 0.15) is 0 Å². The summed E-state index contributed by atoms with van der Waals surface area (Å²) in [4.78, 5) is 14.0. The second-order valence-electron chi connectivity index (χ2n) is 5.72. The molecule has 2 N–H and O–H groups in total. The van der Waals surface area contributed by atoms with Gasteiger partial charge in [-0.1, -0.05) is 6.42 Å². The SMILES string of the molecule is CNC(=O)C(C)(C)CNCC1CCCCN1C. The second-order valence-corrected chi connectivity index (χ2v) is 5.72. The number of carbonyl (C=O) groups is 1. The molecule has 0 aliphatic carbocycles. The van der Waals surface area contributed by atoms with Crippen LogP contribution in [0.15, 0.2) is 0 Å². The van der Waals surface area contributed by atoms with Gasteiger partial charge in [0.05, 0.1) is 5.41 Å². The Morgan fingerprint density at radius 1 is 1.41 bits per heavy atom. The first-order valence-electron chi connectivity index (χ1n) is 6.60. The molecule has 17 heavy (non-hydrogen) atoms. The summed E-state index contributed by atoms with van der Waals surface area (Å²) in [5.74, 6) is 0.0991. The van der Waals surface area contributed by atoms with Gasteiger partial charge in [0.15, 0.2) is 0 Å². The van der Waals surface area contributed by atoms with E-state index < -0.39 is 0 Å². The summed E-state index contributed by atoms with van der Waals surface area (Å²) in [5.41, 5.74) is -0.331. The van der Waals surface area contributed by atoms with E-state index in [1.807, 2.05) is 13.8 Å². The van der Waals surface area contributed by atoms with Crippen LogP contribution in [0.1, 0.15) is 33.1 Å². The van der Waals surface area contributed by atoms with Gasteiger partial charge in [-0.2, -0.15) is 0 Å². The van der Waals surface area contributed by atoms with Crippen LogP contribution in [0.2, 0.25) is 0 Å². The molecular formula is C13H27N3O. The maximum absolute atomic E-state index is 11.6. The number of likely N-dealkylation sites (tertiary alicyclic amines) is 1. The summed E-state index contributed by atoms with van der Waals surface area (Å²) < 4.78 is 0. The highest BCUT2D eigenvalue weighted by Crippen LogP contribution is 2.16. The van der Waals surface area contributed by atoms with Gasteiger partial charge in [-0.15, -0.1) is 0 Å². The molecular weight excluding hydrogens is 214 g/mol. The Morgan fingerprint density at radius 2 is 2.12 bits per heavy atom. The lowest BCUT2D eigenvalue weighted by Gasteiger charge is -2.33. The van der Waals surface area contributed by atoms with E-state index in [4.69, 9.17) is 0 Å². The molecule has 100 valence electrons. The first-order chi connectivity index (χ1) is 7.97. The zero-order valence-corrected chi connectivity index (χ0v) is 11.7. The highest BCUT2D eigenvalue weighted by molar-refractivity contribution is 5.81. The van der Waals surface area contributed by atoms with Crippen LogP contribution in [0.4, 0.5) is 0 Å². The number of likely N-dealkylation sites (N-methyl/N-ethyl adjacent to an activating group) is 1. The number of hydrogen-bond acceptors (Lipinski definition) is 3. The van der Waals surface area contributed by atoms with Crippen LogP contribution in [0, 0.1) is 5.41 Å². The molecule has 4 nitrogen and oxygen atoms in total. The third kappa shape index (κ3) is 4.28. The summed E-state index contributed by atoms with van der Waals surface area (Å²) in [6, 6.07) is 0.629. The quantitative estimate of drug-likeness (QED) is 0.749. The van der Waals surface area contributed by atoms with E-state index in [9.17, 15) is 4.79 Å². The van der Waals surface area contributed by atoms with Gasteiger partial charge in [0.2, 0.25) is 5.91 Å². The lowest BCUT2D eigenvalue weighted by molar-refractivity contribution is -0.128. The highest BCUT2D eigenvalue weighted by Gasteiger charge is 2.27. The smallest absolute Gasteiger partial charge is 0.226 e. The third-order valence-electron chi connectivity index (χ3n) is 3.71. The Labute approximate surface area is 105 Å². The molecule has 1 saturated heterocycles. The molecule has 0 spiro atoms. The zero-order valence-electron chi connectivity index (χ0n) is 11.7. The number of hydrogen-bond donors (Lipinski definition) is 2. The van der Waals surface area contributed by atoms with Gasteiger partial charge in [0, 0.05) is 26.2 Å². The highest BCUT2D eigenvalue weighted by atomic mass is 16.2. The van der Waals surface area contributed by atoms with Crippen molar-refractivity contribution in [1.82, 2.24) is 15.5 Å². The van der Waals surface area contributed by atoms with Gasteiger partial charge >= 0.3 is 0 Å². The fourth-order valence-electron chi connectivity index (χ4n) is 2.37. The van der Waals surface area contributed by atoms with E-state index in [0.717, 1.165) is 13.1 Å². The van der Waals surface area contributed by atoms with E-state index in [2.05, 4.69) is 22.6 Å². The molecule has 1 amide bonds. The normalized spacial score (nSPS) is 22.5. The fraction of sp³-hybridized carbons (Fsp3) is 0.923. The van der Waals surface area contributed by atoms with E-state index in [0.29, 0.717) is 6.04 Å². The Kier molecular flexibility index (Phi) is 5.40. The van der Waals surface area contributed by atoms with Crippen molar-refractivity contribution in [3.63, 3.8) is 0 Å². The molecule has 0 radical (unpaired) electrons. The van der Waals surface area contributed by atoms with E-state index in [1.165, 1.54) is 25.8 Å². The molecule has 1 atom stereocenters. The Balaban J connectivity index is 2.29. The fourth-order valence-corrected chi connectivity index (χ4v) is 2.37. The van der Waals surface area contributed by atoms with E-state index in [-0.39, 0.29) is 11.3 Å². The predicted molar refractivity (Wildman–Crippen MR) is 71.0 cm³/mol. The number of nitrogens with zero attached hydrogens (tertiary/aromatic N) is 1. The minimum atomic E-state index is -0.331. The maximum atomic E-state index is 11.6. The molecule has 0 aromatic rings. The van der Waals surface area contributed by atoms with Crippen LogP contribution in [-0.4, -0.2) is 50.6 Å². The Hall–Kier alpha value is -0.610. The van der Waals surface area contributed by atoms with Crippen LogP contribution in [0.3, 0.4) is 0 Å². The van der Waals surface area contributed by atoms with Crippen LogP contribution in [0.25, 0.3) is 0 Å². The van der Waals surface area contributed by atoms with Crippen LogP contribution in [0.5, 0.6) is 0 Å². The number of carbonyl (C=O) groups excluding carboxylic acids is 1. The summed E-state index contributed by atoms with van der Waals surface area (Å²) in [6.07, 6.45) is 3.91. The minimum Gasteiger partial charge on any atom is -0.359 e. The molecule has 0 saturated carbocycles. The molecule has 0 aromatic carbocycles. The number of piperidine rings is 1. The largest absolute Gasteiger partial charge is 0.359 e. The summed E-state index contributed by atoms with van der Waals surface area (Å²) >= 11 is 0. The molecule has 4 heteroatoms. The minimum absolute atomic E-state index is 0.0991. The van der Waals surface area contributed by atoms with Gasteiger partial charge in [-0.05, 0) is 40.3 Å². The lowest BCUT2D eigenvalue weighted by atomic mass is 9.92. The first-order valence-corrected chi connectivity index (χ1v) is 6.60. The number of rotatable bonds is 5. The Bertz CT molecular complexity index is 253. The molecule has 1 aliphatic heterocycles. The summed E-state index contributed by atoms with van der Waals surface area (Å²) in [5, 5.41) is 6.15. The van der Waals surface area contributed by atoms with Crippen molar-refractivity contribution in [2.24, 2.45) is 5.41 Å². The molecule has 0 aromatic heterocycles. The van der Waals surface area contributed by atoms with Crippen LogP contribution in [-0.2, 0) is 4.79 Å². The third-order valence-corrected chi connectivity index (χ3v) is 3.71. The average molecular weight is 241 g/mol. The topological polar surface area (TPSA) is 44.4 Å². The van der Waals surface area contributed by atoms with Crippen molar-refractivity contribution >= 4 is 5.91 Å². The number of nitrogens with one attached hydrogen (secondary N) is 2. The molecule has 1 fully saturated rings. The summed E-state index contributed by atoms with van der Waals surface area (Å²) in [7, 11) is 3.88. The molecule has 1 heterocycles. The van der Waals surface area contributed by atoms with Crippen molar-refractivity contribution in [3.05, 3.63) is 0 Å². The maximum Gasteiger partial charge on any atom is 0.226 e. The van der Waals surface area contributed by atoms with Crippen molar-refractivity contribution in [3.8, 4) is 0 Å². The predicted octanol–water partition coefficient (Wildman–Crippen LogP) is 0.833. The zero-order chi connectivity index (χ0) is 12.9. The number of amides is 1. The molecule has 0 bridgehead atoms. The van der Waals surface area contributed by atoms with Crippen LogP contribution < -0.4 is 10.6 Å². The first kappa shape index (κ1) is 14.5. The van der Waals surface area contributed by atoms with Gasteiger partial charge < -0.3 is 15.5 Å². The van der Waals surface area contributed by atoms with Crippen molar-refractivity contribution in [1.29, 1.82) is 0 Å². The van der Waals surface area contributed by atoms with E-state index in [1.54, 1.807) is 7.05 Å². The van der Waals surface area contributed by atoms with Crippen molar-refractivity contribution in [2.45, 2.75) is 39.2 Å². The van der Waals surface area contributed by atoms with Gasteiger partial charge in [0.25, 0.3) is 0 Å². The summed E-state index contributed by atoms with van der Waals surface area (Å²) in [6.45, 7) is 6.87. The Morgan fingerprint density at radius 3 is 2.71 bits per heavy atom.